The van der Waals surface area contributed by atoms with Gasteiger partial charge in [-0.1, -0.05) is 45.0 Å². The highest BCUT2D eigenvalue weighted by Gasteiger charge is 2.18. The van der Waals surface area contributed by atoms with Gasteiger partial charge in [-0.25, -0.2) is 0 Å². The maximum atomic E-state index is 12.2. The molecule has 160 valence electrons. The molecule has 2 aromatic rings. The lowest BCUT2D eigenvalue weighted by molar-refractivity contribution is -0.153. The summed E-state index contributed by atoms with van der Waals surface area (Å²) in [5.41, 5.74) is 2.22. The minimum atomic E-state index is -0.968. The van der Waals surface area contributed by atoms with Crippen LogP contribution in [0.25, 0.3) is 0 Å². The number of ketones is 1. The van der Waals surface area contributed by atoms with Gasteiger partial charge >= 0.3 is 5.97 Å². The Bertz CT molecular complexity index is 897. The molecule has 0 fully saturated rings. The third kappa shape index (κ3) is 7.03. The molecule has 30 heavy (non-hydrogen) atoms. The Morgan fingerprint density at radius 3 is 2.30 bits per heavy atom. The zero-order chi connectivity index (χ0) is 22.3. The van der Waals surface area contributed by atoms with Crippen LogP contribution in [0.5, 0.6) is 5.75 Å². The topological polar surface area (TPSA) is 81.7 Å². The first-order valence-electron chi connectivity index (χ1n) is 9.91. The van der Waals surface area contributed by atoms with Crippen LogP contribution >= 0.6 is 0 Å². The zero-order valence-corrected chi connectivity index (χ0v) is 18.2. The predicted octanol–water partition coefficient (Wildman–Crippen LogP) is 4.53. The van der Waals surface area contributed by atoms with Gasteiger partial charge in [-0.15, -0.1) is 0 Å². The normalized spacial score (nSPS) is 12.0. The highest BCUT2D eigenvalue weighted by Crippen LogP contribution is 2.24. The molecular weight excluding hydrogens is 382 g/mol. The summed E-state index contributed by atoms with van der Waals surface area (Å²) < 4.78 is 10.8. The first-order chi connectivity index (χ1) is 14.1. The average Bonchev–Trinajstić information content (AvgIpc) is 2.67. The number of hydrogen-bond donors (Lipinski definition) is 1. The van der Waals surface area contributed by atoms with Gasteiger partial charge in [0.2, 0.25) is 0 Å². The standard InChI is InChI=1S/C24H29NO5/c1-16(26)18-7-6-8-20(15-18)25-23(28)17(2)30-22(27)13-14-29-21-11-9-19(10-12-21)24(3,4)5/h6-12,15,17H,13-14H2,1-5H3,(H,25,28)/t17-/m1/s1. The molecule has 0 unspecified atom stereocenters. The summed E-state index contributed by atoms with van der Waals surface area (Å²) in [6.45, 7) is 9.51. The fourth-order valence-electron chi connectivity index (χ4n) is 2.67. The highest BCUT2D eigenvalue weighted by atomic mass is 16.5. The van der Waals surface area contributed by atoms with Crippen molar-refractivity contribution in [3.05, 3.63) is 59.7 Å². The number of amides is 1. The van der Waals surface area contributed by atoms with E-state index in [4.69, 9.17) is 9.47 Å². The van der Waals surface area contributed by atoms with E-state index in [1.165, 1.54) is 19.4 Å². The van der Waals surface area contributed by atoms with Crippen molar-refractivity contribution in [2.24, 2.45) is 0 Å². The molecule has 6 heteroatoms. The molecule has 0 aliphatic heterocycles. The van der Waals surface area contributed by atoms with E-state index >= 15 is 0 Å². The van der Waals surface area contributed by atoms with Crippen molar-refractivity contribution in [3.63, 3.8) is 0 Å². The summed E-state index contributed by atoms with van der Waals surface area (Å²) in [4.78, 5) is 35.7. The molecule has 0 heterocycles. The molecule has 0 bridgehead atoms. The molecule has 2 aromatic carbocycles. The van der Waals surface area contributed by atoms with Crippen LogP contribution in [0, 0.1) is 0 Å². The Balaban J connectivity index is 1.78. The Morgan fingerprint density at radius 2 is 1.70 bits per heavy atom. The molecule has 0 radical (unpaired) electrons. The smallest absolute Gasteiger partial charge is 0.310 e. The van der Waals surface area contributed by atoms with Gasteiger partial charge in [0.05, 0.1) is 13.0 Å². The van der Waals surface area contributed by atoms with E-state index in [-0.39, 0.29) is 24.2 Å². The van der Waals surface area contributed by atoms with Crippen molar-refractivity contribution in [1.82, 2.24) is 0 Å². The van der Waals surface area contributed by atoms with Gasteiger partial charge in [0, 0.05) is 11.3 Å². The van der Waals surface area contributed by atoms with Crippen molar-refractivity contribution in [2.45, 2.75) is 52.6 Å². The number of rotatable bonds is 8. The van der Waals surface area contributed by atoms with E-state index < -0.39 is 18.0 Å². The largest absolute Gasteiger partial charge is 0.493 e. The third-order valence-corrected chi connectivity index (χ3v) is 4.51. The minimum absolute atomic E-state index is 0.0263. The molecule has 1 atom stereocenters. The van der Waals surface area contributed by atoms with E-state index in [1.807, 2.05) is 24.3 Å². The van der Waals surface area contributed by atoms with Gasteiger partial charge < -0.3 is 14.8 Å². The van der Waals surface area contributed by atoms with Crippen molar-refractivity contribution in [3.8, 4) is 5.75 Å². The second kappa shape index (κ2) is 10.1. The van der Waals surface area contributed by atoms with Crippen molar-refractivity contribution >= 4 is 23.3 Å². The number of esters is 1. The third-order valence-electron chi connectivity index (χ3n) is 4.51. The second-order valence-electron chi connectivity index (χ2n) is 8.13. The number of benzene rings is 2. The van der Waals surface area contributed by atoms with Crippen LogP contribution in [0.3, 0.4) is 0 Å². The van der Waals surface area contributed by atoms with Crippen LogP contribution in [0.2, 0.25) is 0 Å². The van der Waals surface area contributed by atoms with Crippen LogP contribution in [0.1, 0.15) is 57.0 Å². The molecule has 0 saturated carbocycles. The van der Waals surface area contributed by atoms with Crippen LogP contribution in [0.15, 0.2) is 48.5 Å². The molecule has 1 N–H and O–H groups in total. The molecular formula is C24H29NO5. The van der Waals surface area contributed by atoms with Crippen LogP contribution in [-0.2, 0) is 19.7 Å². The first kappa shape index (κ1) is 23.1. The maximum absolute atomic E-state index is 12.2. The Kier molecular flexibility index (Phi) is 7.75. The maximum Gasteiger partial charge on any atom is 0.310 e. The van der Waals surface area contributed by atoms with E-state index in [9.17, 15) is 14.4 Å². The molecule has 0 saturated heterocycles. The minimum Gasteiger partial charge on any atom is -0.493 e. The quantitative estimate of drug-likeness (QED) is 0.510. The summed E-state index contributed by atoms with van der Waals surface area (Å²) in [5.74, 6) is -0.422. The Labute approximate surface area is 177 Å². The van der Waals surface area contributed by atoms with E-state index in [0.29, 0.717) is 17.0 Å². The number of ether oxygens (including phenoxy) is 2. The summed E-state index contributed by atoms with van der Waals surface area (Å²) in [7, 11) is 0. The predicted molar refractivity (Wildman–Crippen MR) is 116 cm³/mol. The number of nitrogens with one attached hydrogen (secondary N) is 1. The first-order valence-corrected chi connectivity index (χ1v) is 9.91. The summed E-state index contributed by atoms with van der Waals surface area (Å²) >= 11 is 0. The molecule has 0 spiro atoms. The SMILES string of the molecule is CC(=O)c1cccc(NC(=O)[C@@H](C)OC(=O)CCOc2ccc(C(C)(C)C)cc2)c1. The van der Waals surface area contributed by atoms with Crippen LogP contribution in [-0.4, -0.2) is 30.4 Å². The number of Topliss-reactive ketones (excluding diaryl/α,β-unsaturated/α-hetero) is 1. The lowest BCUT2D eigenvalue weighted by Crippen LogP contribution is -2.30. The van der Waals surface area contributed by atoms with Crippen molar-refractivity contribution < 1.29 is 23.9 Å². The number of anilines is 1. The second-order valence-corrected chi connectivity index (χ2v) is 8.13. The average molecular weight is 411 g/mol. The van der Waals surface area contributed by atoms with Crippen LogP contribution in [0.4, 0.5) is 5.69 Å². The van der Waals surface area contributed by atoms with E-state index in [2.05, 4.69) is 26.1 Å². The molecule has 6 nitrogen and oxygen atoms in total. The molecule has 2 rings (SSSR count). The summed E-state index contributed by atoms with van der Waals surface area (Å²) in [6.07, 6.45) is -0.942. The van der Waals surface area contributed by atoms with Crippen molar-refractivity contribution in [1.29, 1.82) is 0 Å². The Hall–Kier alpha value is -3.15. The van der Waals surface area contributed by atoms with Gasteiger partial charge in [-0.05, 0) is 49.1 Å². The van der Waals surface area contributed by atoms with E-state index in [0.717, 1.165) is 0 Å². The zero-order valence-electron chi connectivity index (χ0n) is 18.2. The molecule has 1 amide bonds. The highest BCUT2D eigenvalue weighted by molar-refractivity contribution is 5.98. The molecule has 0 aliphatic carbocycles. The summed E-state index contributed by atoms with van der Waals surface area (Å²) in [6, 6.07) is 14.3. The van der Waals surface area contributed by atoms with Gasteiger partial charge in [0.25, 0.3) is 5.91 Å². The van der Waals surface area contributed by atoms with Gasteiger partial charge in [0.1, 0.15) is 5.75 Å². The monoisotopic (exact) mass is 411 g/mol. The fourth-order valence-corrected chi connectivity index (χ4v) is 2.67. The fraction of sp³-hybridized carbons (Fsp3) is 0.375. The van der Waals surface area contributed by atoms with Gasteiger partial charge in [-0.3, -0.25) is 14.4 Å². The summed E-state index contributed by atoms with van der Waals surface area (Å²) in [5, 5.41) is 2.64. The van der Waals surface area contributed by atoms with Gasteiger partial charge in [-0.2, -0.15) is 0 Å². The number of carbonyl (C=O) groups excluding carboxylic acids is 3. The molecule has 0 aromatic heterocycles. The van der Waals surface area contributed by atoms with Gasteiger partial charge in [0.15, 0.2) is 11.9 Å². The van der Waals surface area contributed by atoms with E-state index in [1.54, 1.807) is 24.3 Å². The number of carbonyl (C=O) groups is 3. The lowest BCUT2D eigenvalue weighted by atomic mass is 9.87. The lowest BCUT2D eigenvalue weighted by Gasteiger charge is -2.19. The van der Waals surface area contributed by atoms with Crippen LogP contribution < -0.4 is 10.1 Å². The van der Waals surface area contributed by atoms with Crippen molar-refractivity contribution in [2.75, 3.05) is 11.9 Å². The number of hydrogen-bond acceptors (Lipinski definition) is 5. The Morgan fingerprint density at radius 1 is 1.03 bits per heavy atom. The molecule has 0 aliphatic rings.